The summed E-state index contributed by atoms with van der Waals surface area (Å²) in [4.78, 5) is 26.1. The van der Waals surface area contributed by atoms with Gasteiger partial charge < -0.3 is 25.0 Å². The number of amides is 1. The number of likely N-dealkylation sites (N-methyl/N-ethyl adjacent to an activating group) is 1. The minimum Gasteiger partial charge on any atom is -0.395 e. The summed E-state index contributed by atoms with van der Waals surface area (Å²) in [6.07, 6.45) is 7.55. The molecule has 4 heterocycles. The van der Waals surface area contributed by atoms with Crippen LogP contribution in [0.3, 0.4) is 0 Å². The van der Waals surface area contributed by atoms with Crippen LogP contribution >= 0.6 is 11.3 Å². The molecule has 0 saturated carbocycles. The van der Waals surface area contributed by atoms with Crippen LogP contribution in [0.4, 0.5) is 10.8 Å². The molecule has 216 valence electrons. The SMILES string of the molecule is Cc1cn2c(-c3cnn(COCC[Si](C)(C)C)c3)cnc2c(Nc2cc(C(=O)N(CCO)CCN(C)C)cs2)n1. The van der Waals surface area contributed by atoms with Gasteiger partial charge in [0, 0.05) is 57.7 Å². The van der Waals surface area contributed by atoms with E-state index in [9.17, 15) is 9.90 Å². The Balaban J connectivity index is 1.49. The van der Waals surface area contributed by atoms with E-state index < -0.39 is 8.07 Å². The second kappa shape index (κ2) is 13.0. The number of nitrogens with zero attached hydrogens (tertiary/aromatic N) is 7. The third-order valence-electron chi connectivity index (χ3n) is 6.32. The Morgan fingerprint density at radius 2 is 1.98 bits per heavy atom. The van der Waals surface area contributed by atoms with E-state index in [1.54, 1.807) is 9.58 Å². The highest BCUT2D eigenvalue weighted by molar-refractivity contribution is 7.14. The molecule has 11 nitrogen and oxygen atoms in total. The lowest BCUT2D eigenvalue weighted by atomic mass is 10.2. The zero-order chi connectivity index (χ0) is 28.9. The molecule has 0 fully saturated rings. The number of nitrogens with one attached hydrogen (secondary N) is 1. The average Bonchev–Trinajstić information content (AvgIpc) is 3.63. The Morgan fingerprint density at radius 1 is 1.18 bits per heavy atom. The lowest BCUT2D eigenvalue weighted by molar-refractivity contribution is 0.0710. The van der Waals surface area contributed by atoms with E-state index in [0.717, 1.165) is 41.1 Å². The molecular weight excluding hydrogens is 545 g/mol. The number of rotatable bonds is 14. The minimum absolute atomic E-state index is 0.0770. The molecule has 0 aliphatic heterocycles. The van der Waals surface area contributed by atoms with Crippen LogP contribution in [0.25, 0.3) is 16.9 Å². The number of aryl methyl sites for hydroxylation is 1. The summed E-state index contributed by atoms with van der Waals surface area (Å²) in [6, 6.07) is 2.94. The van der Waals surface area contributed by atoms with Crippen molar-refractivity contribution in [2.24, 2.45) is 0 Å². The molecule has 0 saturated heterocycles. The fraction of sp³-hybridized carbons (Fsp3) is 0.481. The maximum absolute atomic E-state index is 13.1. The van der Waals surface area contributed by atoms with Gasteiger partial charge in [-0.3, -0.25) is 9.20 Å². The van der Waals surface area contributed by atoms with E-state index in [0.29, 0.717) is 36.8 Å². The van der Waals surface area contributed by atoms with Gasteiger partial charge in [0.15, 0.2) is 11.5 Å². The van der Waals surface area contributed by atoms with Gasteiger partial charge in [0.25, 0.3) is 5.91 Å². The number of thiophene rings is 1. The van der Waals surface area contributed by atoms with Crippen LogP contribution in [0.5, 0.6) is 0 Å². The van der Waals surface area contributed by atoms with Crippen molar-refractivity contribution in [3.05, 3.63) is 47.5 Å². The summed E-state index contributed by atoms with van der Waals surface area (Å²) in [6.45, 7) is 11.6. The molecule has 13 heteroatoms. The number of hydrogen-bond acceptors (Lipinski definition) is 9. The van der Waals surface area contributed by atoms with Gasteiger partial charge in [-0.15, -0.1) is 11.3 Å². The van der Waals surface area contributed by atoms with Gasteiger partial charge in [0.05, 0.1) is 41.0 Å². The second-order valence-corrected chi connectivity index (χ2v) is 17.9. The average molecular weight is 585 g/mol. The Kier molecular flexibility index (Phi) is 9.74. The molecule has 4 rings (SSSR count). The van der Waals surface area contributed by atoms with E-state index in [4.69, 9.17) is 4.74 Å². The van der Waals surface area contributed by atoms with Crippen LogP contribution in [0.1, 0.15) is 16.1 Å². The first-order chi connectivity index (χ1) is 19.0. The number of anilines is 2. The van der Waals surface area contributed by atoms with Crippen LogP contribution in [0.2, 0.25) is 25.7 Å². The predicted octanol–water partition coefficient (Wildman–Crippen LogP) is 4.01. The van der Waals surface area contributed by atoms with Crippen molar-refractivity contribution < 1.29 is 14.6 Å². The maximum Gasteiger partial charge on any atom is 0.254 e. The van der Waals surface area contributed by atoms with Gasteiger partial charge in [-0.1, -0.05) is 19.6 Å². The molecule has 4 aromatic heterocycles. The van der Waals surface area contributed by atoms with Crippen LogP contribution < -0.4 is 5.32 Å². The van der Waals surface area contributed by atoms with Crippen LogP contribution in [0, 0.1) is 6.92 Å². The molecule has 40 heavy (non-hydrogen) atoms. The van der Waals surface area contributed by atoms with Crippen LogP contribution in [-0.2, 0) is 11.5 Å². The number of aliphatic hydroxyl groups is 1. The third-order valence-corrected chi connectivity index (χ3v) is 8.87. The highest BCUT2D eigenvalue weighted by atomic mass is 32.1. The molecule has 0 aliphatic rings. The lowest BCUT2D eigenvalue weighted by Crippen LogP contribution is -2.38. The van der Waals surface area contributed by atoms with Crippen molar-refractivity contribution in [3.63, 3.8) is 0 Å². The summed E-state index contributed by atoms with van der Waals surface area (Å²) in [5.74, 6) is 0.501. The minimum atomic E-state index is -1.13. The van der Waals surface area contributed by atoms with Crippen molar-refractivity contribution in [1.29, 1.82) is 0 Å². The molecule has 0 radical (unpaired) electrons. The fourth-order valence-corrected chi connectivity index (χ4v) is 5.61. The Hall–Kier alpha value is -3.10. The van der Waals surface area contributed by atoms with Gasteiger partial charge in [-0.05, 0) is 33.1 Å². The highest BCUT2D eigenvalue weighted by Gasteiger charge is 2.19. The number of aromatic nitrogens is 5. The summed E-state index contributed by atoms with van der Waals surface area (Å²) >= 11 is 1.43. The monoisotopic (exact) mass is 584 g/mol. The molecule has 4 aromatic rings. The highest BCUT2D eigenvalue weighted by Crippen LogP contribution is 2.29. The van der Waals surface area contributed by atoms with E-state index in [1.807, 2.05) is 66.6 Å². The molecule has 0 spiro atoms. The first-order valence-corrected chi connectivity index (χ1v) is 18.0. The van der Waals surface area contributed by atoms with Crippen LogP contribution in [-0.4, -0.2) is 100.0 Å². The van der Waals surface area contributed by atoms with E-state index in [1.165, 1.54) is 11.3 Å². The number of fused-ring (bicyclic) bond motifs is 1. The summed E-state index contributed by atoms with van der Waals surface area (Å²) < 4.78 is 9.64. The maximum atomic E-state index is 13.1. The number of ether oxygens (including phenoxy) is 1. The Bertz CT molecular complexity index is 1420. The first kappa shape index (κ1) is 29.9. The number of hydrogen-bond donors (Lipinski definition) is 2. The van der Waals surface area contributed by atoms with Crippen molar-refractivity contribution in [2.75, 3.05) is 52.3 Å². The molecular formula is C27H40N8O3SSi. The van der Waals surface area contributed by atoms with Crippen LogP contribution in [0.15, 0.2) is 36.2 Å². The molecule has 2 N–H and O–H groups in total. The van der Waals surface area contributed by atoms with Gasteiger partial charge in [-0.2, -0.15) is 5.10 Å². The van der Waals surface area contributed by atoms with E-state index in [-0.39, 0.29) is 12.5 Å². The largest absolute Gasteiger partial charge is 0.395 e. The second-order valence-electron chi connectivity index (χ2n) is 11.3. The van der Waals surface area contributed by atoms with Crippen molar-refractivity contribution in [1.82, 2.24) is 33.9 Å². The van der Waals surface area contributed by atoms with Crippen molar-refractivity contribution >= 4 is 41.8 Å². The fourth-order valence-electron chi connectivity index (χ4n) is 4.08. The van der Waals surface area contributed by atoms with Gasteiger partial charge in [0.2, 0.25) is 0 Å². The quantitative estimate of drug-likeness (QED) is 0.169. The normalized spacial score (nSPS) is 12.0. The molecule has 0 unspecified atom stereocenters. The Labute approximate surface area is 240 Å². The summed E-state index contributed by atoms with van der Waals surface area (Å²) in [5, 5.41) is 19.9. The zero-order valence-corrected chi connectivity index (χ0v) is 26.0. The summed E-state index contributed by atoms with van der Waals surface area (Å²) in [5.41, 5.74) is 3.91. The molecule has 0 aromatic carbocycles. The molecule has 0 bridgehead atoms. The van der Waals surface area contributed by atoms with Gasteiger partial charge >= 0.3 is 0 Å². The van der Waals surface area contributed by atoms with E-state index in [2.05, 4.69) is 40.0 Å². The Morgan fingerprint density at radius 3 is 2.70 bits per heavy atom. The topological polar surface area (TPSA) is 113 Å². The first-order valence-electron chi connectivity index (χ1n) is 13.4. The molecule has 1 amide bonds. The standard InChI is InChI=1S/C27H40N8O3SSi/c1-20-16-35-23(22-14-29-34(17-22)19-38-11-12-40(4,5)6)15-28-26(35)25(30-20)31-24-13-21(18-39-24)27(37)33(9-10-36)8-7-32(2)3/h13-18,36H,7-12,19H2,1-6H3,(H,30,31). The number of imidazole rings is 1. The van der Waals surface area contributed by atoms with Gasteiger partial charge in [-0.25, -0.2) is 14.6 Å². The van der Waals surface area contributed by atoms with E-state index >= 15 is 0 Å². The number of carbonyl (C=O) groups excluding carboxylic acids is 1. The smallest absolute Gasteiger partial charge is 0.254 e. The van der Waals surface area contributed by atoms with Crippen molar-refractivity contribution in [2.45, 2.75) is 39.3 Å². The number of aliphatic hydroxyl groups excluding tert-OH is 1. The molecule has 0 aliphatic carbocycles. The zero-order valence-electron chi connectivity index (χ0n) is 24.2. The lowest BCUT2D eigenvalue weighted by Gasteiger charge is -2.23. The van der Waals surface area contributed by atoms with Gasteiger partial charge in [0.1, 0.15) is 6.73 Å². The van der Waals surface area contributed by atoms with Crippen molar-refractivity contribution in [3.8, 4) is 11.3 Å². The predicted molar refractivity (Wildman–Crippen MR) is 162 cm³/mol. The molecule has 0 atom stereocenters. The number of carbonyl (C=O) groups is 1. The summed E-state index contributed by atoms with van der Waals surface area (Å²) in [7, 11) is 2.79. The third kappa shape index (κ3) is 7.76.